The molecule has 21 heavy (non-hydrogen) atoms. The molecule has 0 aliphatic rings. The van der Waals surface area contributed by atoms with Gasteiger partial charge in [0.2, 0.25) is 0 Å². The molecule has 5 heteroatoms. The van der Waals surface area contributed by atoms with E-state index in [1.807, 2.05) is 39.0 Å². The zero-order valence-corrected chi connectivity index (χ0v) is 12.9. The fourth-order valence-electron chi connectivity index (χ4n) is 2.36. The van der Waals surface area contributed by atoms with Crippen LogP contribution in [0.15, 0.2) is 35.4 Å². The van der Waals surface area contributed by atoms with E-state index in [9.17, 15) is 9.90 Å². The average Bonchev–Trinajstić information content (AvgIpc) is 2.80. The molecule has 0 fully saturated rings. The number of hydrogen-bond acceptors (Lipinski definition) is 3. The first-order chi connectivity index (χ1) is 9.93. The number of aliphatic hydroxyl groups is 1. The van der Waals surface area contributed by atoms with Gasteiger partial charge in [0.05, 0.1) is 13.7 Å². The van der Waals surface area contributed by atoms with E-state index >= 15 is 0 Å². The minimum atomic E-state index is -0.791. The number of benzene rings is 1. The molecule has 0 bridgehead atoms. The second kappa shape index (κ2) is 6.18. The highest BCUT2D eigenvalue weighted by Crippen LogP contribution is 2.27. The fourth-order valence-corrected chi connectivity index (χ4v) is 2.36. The number of methoxy groups -OCH3 is 1. The summed E-state index contributed by atoms with van der Waals surface area (Å²) in [5.74, 6) is 0.629. The molecule has 1 N–H and O–H groups in total. The third-order valence-electron chi connectivity index (χ3n) is 3.54. The van der Waals surface area contributed by atoms with Crippen LogP contribution in [0.5, 0.6) is 5.75 Å². The SMILES string of the molecule is COc1ccc(C)cc1C(O)Cn1ccn(C(C)C)c1=O. The van der Waals surface area contributed by atoms with Crippen LogP contribution in [0.25, 0.3) is 0 Å². The lowest BCUT2D eigenvalue weighted by Crippen LogP contribution is -2.27. The van der Waals surface area contributed by atoms with Gasteiger partial charge in [-0.25, -0.2) is 4.79 Å². The Bertz CT molecular complexity index is 670. The third kappa shape index (κ3) is 3.19. The number of ether oxygens (including phenoxy) is 1. The molecule has 0 spiro atoms. The Labute approximate surface area is 124 Å². The number of aromatic nitrogens is 2. The molecule has 0 saturated carbocycles. The molecule has 0 aliphatic heterocycles. The van der Waals surface area contributed by atoms with Crippen molar-refractivity contribution < 1.29 is 9.84 Å². The van der Waals surface area contributed by atoms with Crippen molar-refractivity contribution in [1.29, 1.82) is 0 Å². The van der Waals surface area contributed by atoms with Crippen LogP contribution in [-0.4, -0.2) is 21.4 Å². The molecule has 0 saturated heterocycles. The van der Waals surface area contributed by atoms with Crippen LogP contribution in [-0.2, 0) is 6.54 Å². The summed E-state index contributed by atoms with van der Waals surface area (Å²) in [6, 6.07) is 5.74. The molecule has 1 atom stereocenters. The summed E-state index contributed by atoms with van der Waals surface area (Å²) in [6.45, 7) is 6.06. The number of rotatable bonds is 5. The van der Waals surface area contributed by atoms with E-state index < -0.39 is 6.10 Å². The third-order valence-corrected chi connectivity index (χ3v) is 3.54. The van der Waals surface area contributed by atoms with Crippen LogP contribution in [0, 0.1) is 6.92 Å². The van der Waals surface area contributed by atoms with Crippen molar-refractivity contribution in [3.63, 3.8) is 0 Å². The quantitative estimate of drug-likeness (QED) is 0.919. The van der Waals surface area contributed by atoms with Crippen molar-refractivity contribution in [3.8, 4) is 5.75 Å². The van der Waals surface area contributed by atoms with Gasteiger partial charge in [-0.15, -0.1) is 0 Å². The second-order valence-electron chi connectivity index (χ2n) is 5.50. The molecule has 1 aromatic carbocycles. The highest BCUT2D eigenvalue weighted by atomic mass is 16.5. The van der Waals surface area contributed by atoms with E-state index in [4.69, 9.17) is 4.74 Å². The molecule has 0 amide bonds. The predicted molar refractivity (Wildman–Crippen MR) is 81.8 cm³/mol. The Balaban J connectivity index is 2.28. The molecule has 5 nitrogen and oxygen atoms in total. The molecule has 1 heterocycles. The van der Waals surface area contributed by atoms with E-state index in [1.165, 1.54) is 4.57 Å². The fraction of sp³-hybridized carbons (Fsp3) is 0.438. The van der Waals surface area contributed by atoms with Gasteiger partial charge in [0.15, 0.2) is 0 Å². The lowest BCUT2D eigenvalue weighted by Gasteiger charge is -2.16. The smallest absolute Gasteiger partial charge is 0.328 e. The lowest BCUT2D eigenvalue weighted by molar-refractivity contribution is 0.151. The molecular formula is C16H22N2O3. The van der Waals surface area contributed by atoms with Gasteiger partial charge in [0.25, 0.3) is 0 Å². The summed E-state index contributed by atoms with van der Waals surface area (Å²) < 4.78 is 8.44. The molecule has 1 aromatic heterocycles. The Hall–Kier alpha value is -2.01. The van der Waals surface area contributed by atoms with Crippen LogP contribution in [0.4, 0.5) is 0 Å². The molecule has 1 unspecified atom stereocenters. The van der Waals surface area contributed by atoms with Gasteiger partial charge < -0.3 is 9.84 Å². The van der Waals surface area contributed by atoms with Crippen LogP contribution in [0.1, 0.15) is 37.1 Å². The largest absolute Gasteiger partial charge is 0.496 e. The standard InChI is InChI=1S/C16H22N2O3/c1-11(2)18-8-7-17(16(18)20)10-14(19)13-9-12(3)5-6-15(13)21-4/h5-9,11,14,19H,10H2,1-4H3. The summed E-state index contributed by atoms with van der Waals surface area (Å²) in [5.41, 5.74) is 1.62. The first kappa shape index (κ1) is 15.4. The Kier molecular flexibility index (Phi) is 4.53. The van der Waals surface area contributed by atoms with E-state index in [0.29, 0.717) is 11.3 Å². The number of nitrogens with zero attached hydrogens (tertiary/aromatic N) is 2. The van der Waals surface area contributed by atoms with Crippen molar-refractivity contribution >= 4 is 0 Å². The van der Waals surface area contributed by atoms with Crippen molar-refractivity contribution in [1.82, 2.24) is 9.13 Å². The van der Waals surface area contributed by atoms with E-state index in [-0.39, 0.29) is 18.3 Å². The molecule has 114 valence electrons. The molecule has 2 aromatic rings. The topological polar surface area (TPSA) is 56.4 Å². The Morgan fingerprint density at radius 3 is 2.57 bits per heavy atom. The van der Waals surface area contributed by atoms with E-state index in [0.717, 1.165) is 5.56 Å². The molecule has 0 radical (unpaired) electrons. The summed E-state index contributed by atoms with van der Waals surface area (Å²) in [6.07, 6.45) is 2.65. The summed E-state index contributed by atoms with van der Waals surface area (Å²) in [7, 11) is 1.57. The first-order valence-corrected chi connectivity index (χ1v) is 7.04. The number of aliphatic hydroxyl groups excluding tert-OH is 1. The highest BCUT2D eigenvalue weighted by Gasteiger charge is 2.16. The zero-order chi connectivity index (χ0) is 15.6. The van der Waals surface area contributed by atoms with Gasteiger partial charge in [-0.1, -0.05) is 11.6 Å². The predicted octanol–water partition coefficient (Wildman–Crippen LogP) is 2.28. The monoisotopic (exact) mass is 290 g/mol. The molecule has 0 aliphatic carbocycles. The summed E-state index contributed by atoms with van der Waals surface area (Å²) >= 11 is 0. The van der Waals surface area contributed by atoms with Crippen LogP contribution >= 0.6 is 0 Å². The normalized spacial score (nSPS) is 12.7. The maximum atomic E-state index is 12.2. The lowest BCUT2D eigenvalue weighted by atomic mass is 10.1. The minimum absolute atomic E-state index is 0.101. The van der Waals surface area contributed by atoms with Crippen molar-refractivity contribution in [2.75, 3.05) is 7.11 Å². The highest BCUT2D eigenvalue weighted by molar-refractivity contribution is 5.38. The van der Waals surface area contributed by atoms with Crippen molar-refractivity contribution in [2.45, 2.75) is 39.5 Å². The average molecular weight is 290 g/mol. The number of imidazole rings is 1. The van der Waals surface area contributed by atoms with Gasteiger partial charge in [0, 0.05) is 24.0 Å². The van der Waals surface area contributed by atoms with Gasteiger partial charge in [-0.05, 0) is 32.9 Å². The number of hydrogen-bond donors (Lipinski definition) is 1. The van der Waals surface area contributed by atoms with E-state index in [1.54, 1.807) is 24.1 Å². The summed E-state index contributed by atoms with van der Waals surface area (Å²) in [4.78, 5) is 12.2. The maximum Gasteiger partial charge on any atom is 0.328 e. The van der Waals surface area contributed by atoms with Crippen LogP contribution < -0.4 is 10.4 Å². The first-order valence-electron chi connectivity index (χ1n) is 7.04. The second-order valence-corrected chi connectivity index (χ2v) is 5.50. The van der Waals surface area contributed by atoms with Gasteiger partial charge in [-0.3, -0.25) is 9.13 Å². The molecular weight excluding hydrogens is 268 g/mol. The van der Waals surface area contributed by atoms with Gasteiger partial charge in [0.1, 0.15) is 11.9 Å². The van der Waals surface area contributed by atoms with E-state index in [2.05, 4.69) is 0 Å². The van der Waals surface area contributed by atoms with Crippen molar-refractivity contribution in [2.24, 2.45) is 0 Å². The Morgan fingerprint density at radius 1 is 1.29 bits per heavy atom. The van der Waals surface area contributed by atoms with Crippen LogP contribution in [0.2, 0.25) is 0 Å². The van der Waals surface area contributed by atoms with Gasteiger partial charge in [-0.2, -0.15) is 0 Å². The molecule has 2 rings (SSSR count). The zero-order valence-electron chi connectivity index (χ0n) is 12.9. The Morgan fingerprint density at radius 2 is 2.00 bits per heavy atom. The van der Waals surface area contributed by atoms with Crippen molar-refractivity contribution in [3.05, 3.63) is 52.2 Å². The summed E-state index contributed by atoms with van der Waals surface area (Å²) in [5, 5.41) is 10.4. The van der Waals surface area contributed by atoms with Gasteiger partial charge >= 0.3 is 5.69 Å². The van der Waals surface area contributed by atoms with Crippen LogP contribution in [0.3, 0.4) is 0 Å². The maximum absolute atomic E-state index is 12.2. The number of aryl methyl sites for hydroxylation is 1. The minimum Gasteiger partial charge on any atom is -0.496 e.